The summed E-state index contributed by atoms with van der Waals surface area (Å²) in [6.07, 6.45) is 3.55. The highest BCUT2D eigenvalue weighted by Crippen LogP contribution is 2.37. The number of ether oxygens (including phenoxy) is 3. The van der Waals surface area contributed by atoms with E-state index in [0.717, 1.165) is 11.1 Å². The number of nitrogens with zero attached hydrogens (tertiary/aromatic N) is 2. The predicted molar refractivity (Wildman–Crippen MR) is 141 cm³/mol. The van der Waals surface area contributed by atoms with Crippen molar-refractivity contribution in [2.24, 2.45) is 0 Å². The van der Waals surface area contributed by atoms with Gasteiger partial charge < -0.3 is 24.4 Å². The Morgan fingerprint density at radius 1 is 0.944 bits per heavy atom. The fraction of sp³-hybridized carbons (Fsp3) is 0.259. The van der Waals surface area contributed by atoms with E-state index in [1.54, 1.807) is 35.0 Å². The van der Waals surface area contributed by atoms with Crippen molar-refractivity contribution in [3.05, 3.63) is 82.3 Å². The Morgan fingerprint density at radius 2 is 1.64 bits per heavy atom. The van der Waals surface area contributed by atoms with E-state index in [9.17, 15) is 15.0 Å². The first-order chi connectivity index (χ1) is 17.4. The van der Waals surface area contributed by atoms with Gasteiger partial charge in [-0.2, -0.15) is 0 Å². The van der Waals surface area contributed by atoms with Crippen molar-refractivity contribution in [3.63, 3.8) is 0 Å². The Morgan fingerprint density at radius 3 is 2.31 bits per heavy atom. The standard InChI is InChI=1S/C27H28N2O6S/c1-33-21-14-19(15-22(34-2)24(21)31)17-35-12-13-36(3)25-23(30)20-10-7-11-28-26(20)29(27(25)32)16-18-8-5-4-6-9-18/h4-11,14-15H,12-13,16-17H2,1-3H3,(H-,30,31,32)/p+1. The molecule has 2 aromatic carbocycles. The summed E-state index contributed by atoms with van der Waals surface area (Å²) in [6.45, 7) is 1.00. The summed E-state index contributed by atoms with van der Waals surface area (Å²) in [7, 11) is 2.36. The molecular weight excluding hydrogens is 480 g/mol. The van der Waals surface area contributed by atoms with E-state index in [1.807, 2.05) is 36.6 Å². The maximum atomic E-state index is 13.6. The Balaban J connectivity index is 1.54. The number of rotatable bonds is 10. The molecule has 0 saturated carbocycles. The van der Waals surface area contributed by atoms with Gasteiger partial charge in [0, 0.05) is 17.1 Å². The maximum Gasteiger partial charge on any atom is 0.311 e. The van der Waals surface area contributed by atoms with E-state index in [4.69, 9.17) is 14.2 Å². The van der Waals surface area contributed by atoms with Crippen LogP contribution in [0.4, 0.5) is 0 Å². The number of aromatic hydroxyl groups is 2. The molecular formula is C27H29N2O6S+. The van der Waals surface area contributed by atoms with Crippen LogP contribution in [0.1, 0.15) is 11.1 Å². The fourth-order valence-corrected chi connectivity index (χ4v) is 5.39. The lowest BCUT2D eigenvalue weighted by molar-refractivity contribution is 0.135. The molecule has 1 atom stereocenters. The molecule has 2 heterocycles. The number of phenolic OH excluding ortho intramolecular Hbond substituents is 1. The molecule has 4 rings (SSSR count). The average Bonchev–Trinajstić information content (AvgIpc) is 2.90. The van der Waals surface area contributed by atoms with Gasteiger partial charge in [0.25, 0.3) is 4.90 Å². The summed E-state index contributed by atoms with van der Waals surface area (Å²) in [5.41, 5.74) is 1.96. The highest BCUT2D eigenvalue weighted by molar-refractivity contribution is 7.96. The van der Waals surface area contributed by atoms with Crippen molar-refractivity contribution >= 4 is 21.9 Å². The average molecular weight is 510 g/mol. The second kappa shape index (κ2) is 11.4. The topological polar surface area (TPSA) is 103 Å². The zero-order valence-corrected chi connectivity index (χ0v) is 21.2. The largest absolute Gasteiger partial charge is 0.503 e. The van der Waals surface area contributed by atoms with Crippen LogP contribution in [0.2, 0.25) is 0 Å². The Bertz CT molecular complexity index is 1380. The van der Waals surface area contributed by atoms with Gasteiger partial charge in [-0.3, -0.25) is 9.36 Å². The zero-order chi connectivity index (χ0) is 25.7. The van der Waals surface area contributed by atoms with Gasteiger partial charge >= 0.3 is 5.56 Å². The van der Waals surface area contributed by atoms with Gasteiger partial charge in [-0.1, -0.05) is 30.3 Å². The van der Waals surface area contributed by atoms with Crippen molar-refractivity contribution in [2.75, 3.05) is 32.8 Å². The number of fused-ring (bicyclic) bond motifs is 1. The molecule has 4 aromatic rings. The van der Waals surface area contributed by atoms with Crippen LogP contribution in [0.25, 0.3) is 11.0 Å². The highest BCUT2D eigenvalue weighted by Gasteiger charge is 2.29. The van der Waals surface area contributed by atoms with Gasteiger partial charge in [0.05, 0.1) is 39.4 Å². The second-order valence-electron chi connectivity index (χ2n) is 8.17. The normalized spacial score (nSPS) is 12.0. The van der Waals surface area contributed by atoms with Gasteiger partial charge in [0.2, 0.25) is 5.75 Å². The van der Waals surface area contributed by atoms with Crippen LogP contribution in [0.15, 0.2) is 70.5 Å². The summed E-state index contributed by atoms with van der Waals surface area (Å²) in [5.74, 6) is 1.07. The number of hydrogen-bond acceptors (Lipinski definition) is 7. The summed E-state index contributed by atoms with van der Waals surface area (Å²) < 4.78 is 17.9. The van der Waals surface area contributed by atoms with E-state index >= 15 is 0 Å². The zero-order valence-electron chi connectivity index (χ0n) is 20.4. The lowest BCUT2D eigenvalue weighted by atomic mass is 10.2. The van der Waals surface area contributed by atoms with Crippen LogP contribution in [0.5, 0.6) is 23.0 Å². The van der Waals surface area contributed by atoms with Crippen molar-refractivity contribution in [3.8, 4) is 23.0 Å². The third-order valence-electron chi connectivity index (χ3n) is 5.83. The molecule has 0 aliphatic heterocycles. The molecule has 0 aliphatic carbocycles. The summed E-state index contributed by atoms with van der Waals surface area (Å²) in [5, 5.41) is 21.7. The first-order valence-electron chi connectivity index (χ1n) is 11.3. The van der Waals surface area contributed by atoms with Gasteiger partial charge in [0.1, 0.15) is 17.7 Å². The first kappa shape index (κ1) is 25.4. The summed E-state index contributed by atoms with van der Waals surface area (Å²) in [6, 6.07) is 16.6. The third kappa shape index (κ3) is 5.27. The lowest BCUT2D eigenvalue weighted by Crippen LogP contribution is -2.29. The molecule has 9 heteroatoms. The number of hydrogen-bond donors (Lipinski definition) is 2. The van der Waals surface area contributed by atoms with Gasteiger partial charge in [0.15, 0.2) is 17.2 Å². The molecule has 2 aromatic heterocycles. The minimum absolute atomic E-state index is 0.0220. The van der Waals surface area contributed by atoms with Crippen molar-refractivity contribution in [2.45, 2.75) is 18.0 Å². The van der Waals surface area contributed by atoms with E-state index in [-0.39, 0.29) is 23.7 Å². The molecule has 0 saturated heterocycles. The van der Waals surface area contributed by atoms with Crippen LogP contribution in [0, 0.1) is 0 Å². The van der Waals surface area contributed by atoms with Crippen molar-refractivity contribution < 1.29 is 24.4 Å². The van der Waals surface area contributed by atoms with Gasteiger partial charge in [-0.15, -0.1) is 0 Å². The van der Waals surface area contributed by atoms with Crippen LogP contribution < -0.4 is 15.0 Å². The van der Waals surface area contributed by atoms with E-state index in [2.05, 4.69) is 4.98 Å². The minimum atomic E-state index is -0.580. The van der Waals surface area contributed by atoms with Crippen LogP contribution in [-0.2, 0) is 28.8 Å². The lowest BCUT2D eigenvalue weighted by Gasteiger charge is -2.14. The van der Waals surface area contributed by atoms with E-state index < -0.39 is 10.9 Å². The minimum Gasteiger partial charge on any atom is -0.503 e. The Kier molecular flexibility index (Phi) is 8.02. The monoisotopic (exact) mass is 509 g/mol. The first-order valence-corrected chi connectivity index (χ1v) is 13.1. The second-order valence-corrected chi connectivity index (χ2v) is 10.3. The quantitative estimate of drug-likeness (QED) is 0.248. The smallest absolute Gasteiger partial charge is 0.311 e. The molecule has 2 N–H and O–H groups in total. The molecule has 1 unspecified atom stereocenters. The maximum absolute atomic E-state index is 13.6. The predicted octanol–water partition coefficient (Wildman–Crippen LogP) is 3.70. The third-order valence-corrected chi connectivity index (χ3v) is 7.67. The Labute approximate surface area is 212 Å². The molecule has 0 radical (unpaired) electrons. The molecule has 0 spiro atoms. The Hall–Kier alpha value is -3.69. The van der Waals surface area contributed by atoms with Gasteiger partial charge in [-0.05, 0) is 35.4 Å². The summed E-state index contributed by atoms with van der Waals surface area (Å²) in [4.78, 5) is 18.3. The molecule has 36 heavy (non-hydrogen) atoms. The molecule has 0 amide bonds. The molecule has 0 bridgehead atoms. The van der Waals surface area contributed by atoms with Crippen LogP contribution in [-0.4, -0.2) is 52.6 Å². The molecule has 8 nitrogen and oxygen atoms in total. The summed E-state index contributed by atoms with van der Waals surface area (Å²) >= 11 is 0. The SMILES string of the molecule is COc1cc(COCC[S+](C)c2c(O)c3cccnc3n(Cc3ccccc3)c2=O)cc(OC)c1O. The van der Waals surface area contributed by atoms with E-state index in [0.29, 0.717) is 46.3 Å². The molecule has 188 valence electrons. The highest BCUT2D eigenvalue weighted by atomic mass is 32.2. The molecule has 0 fully saturated rings. The van der Waals surface area contributed by atoms with Gasteiger partial charge in [-0.25, -0.2) is 4.98 Å². The number of methoxy groups -OCH3 is 2. The molecule has 0 aliphatic rings. The van der Waals surface area contributed by atoms with E-state index in [1.165, 1.54) is 14.2 Å². The van der Waals surface area contributed by atoms with Crippen molar-refractivity contribution in [1.82, 2.24) is 9.55 Å². The number of benzene rings is 2. The number of phenols is 1. The number of pyridine rings is 2. The fourth-order valence-electron chi connectivity index (χ4n) is 3.97. The van der Waals surface area contributed by atoms with Crippen LogP contribution in [0.3, 0.4) is 0 Å². The number of aromatic nitrogens is 2. The van der Waals surface area contributed by atoms with Crippen molar-refractivity contribution in [1.29, 1.82) is 0 Å². The van der Waals surface area contributed by atoms with Crippen LogP contribution >= 0.6 is 0 Å².